The SMILES string of the molecule is CC(C(=O)NCc1ccc(N(C)C)nc1)C1CN(C(=O)OC(C)(C)C)C1. The zero-order valence-electron chi connectivity index (χ0n) is 16.6. The van der Waals surface area contributed by atoms with Crippen LogP contribution < -0.4 is 10.2 Å². The van der Waals surface area contributed by atoms with Gasteiger partial charge in [0.1, 0.15) is 11.4 Å². The maximum Gasteiger partial charge on any atom is 0.410 e. The van der Waals surface area contributed by atoms with Gasteiger partial charge >= 0.3 is 6.09 Å². The number of likely N-dealkylation sites (tertiary alicyclic amines) is 1. The van der Waals surface area contributed by atoms with Gasteiger partial charge in [-0.3, -0.25) is 4.79 Å². The van der Waals surface area contributed by atoms with Crippen molar-refractivity contribution in [2.75, 3.05) is 32.1 Å². The fourth-order valence-corrected chi connectivity index (χ4v) is 2.65. The van der Waals surface area contributed by atoms with Gasteiger partial charge in [-0.25, -0.2) is 9.78 Å². The van der Waals surface area contributed by atoms with E-state index in [9.17, 15) is 9.59 Å². The number of hydrogen-bond donors (Lipinski definition) is 1. The van der Waals surface area contributed by atoms with Crippen molar-refractivity contribution in [2.24, 2.45) is 11.8 Å². The maximum atomic E-state index is 12.4. The van der Waals surface area contributed by atoms with Gasteiger partial charge in [-0.1, -0.05) is 13.0 Å². The summed E-state index contributed by atoms with van der Waals surface area (Å²) in [4.78, 5) is 32.2. The van der Waals surface area contributed by atoms with Gasteiger partial charge < -0.3 is 19.9 Å². The van der Waals surface area contributed by atoms with Gasteiger partial charge in [-0.05, 0) is 32.4 Å². The lowest BCUT2D eigenvalue weighted by Crippen LogP contribution is -2.55. The van der Waals surface area contributed by atoms with E-state index in [1.165, 1.54) is 0 Å². The van der Waals surface area contributed by atoms with Crippen molar-refractivity contribution < 1.29 is 14.3 Å². The van der Waals surface area contributed by atoms with E-state index in [0.717, 1.165) is 11.4 Å². The van der Waals surface area contributed by atoms with Crippen LogP contribution in [0.5, 0.6) is 0 Å². The summed E-state index contributed by atoms with van der Waals surface area (Å²) >= 11 is 0. The summed E-state index contributed by atoms with van der Waals surface area (Å²) in [6, 6.07) is 3.89. The minimum Gasteiger partial charge on any atom is -0.444 e. The van der Waals surface area contributed by atoms with E-state index in [2.05, 4.69) is 10.3 Å². The van der Waals surface area contributed by atoms with Crippen LogP contribution in [0.4, 0.5) is 10.6 Å². The van der Waals surface area contributed by atoms with Crippen LogP contribution in [0.15, 0.2) is 18.3 Å². The highest BCUT2D eigenvalue weighted by Gasteiger charge is 2.38. The second kappa shape index (κ2) is 7.93. The third kappa shape index (κ3) is 5.34. The molecule has 0 aliphatic carbocycles. The molecule has 7 heteroatoms. The van der Waals surface area contributed by atoms with Gasteiger partial charge in [0.05, 0.1) is 0 Å². The van der Waals surface area contributed by atoms with Gasteiger partial charge in [0.15, 0.2) is 0 Å². The van der Waals surface area contributed by atoms with Crippen molar-refractivity contribution >= 4 is 17.8 Å². The smallest absolute Gasteiger partial charge is 0.410 e. The number of carbonyl (C=O) groups is 2. The zero-order valence-corrected chi connectivity index (χ0v) is 16.6. The minimum atomic E-state index is -0.499. The quantitative estimate of drug-likeness (QED) is 0.870. The standard InChI is InChI=1S/C19H30N4O3/c1-13(15-11-23(12-15)18(25)26-19(2,3)4)17(24)21-10-14-7-8-16(20-9-14)22(5)6/h7-9,13,15H,10-12H2,1-6H3,(H,21,24). The Hall–Kier alpha value is -2.31. The van der Waals surface area contributed by atoms with E-state index in [4.69, 9.17) is 4.74 Å². The van der Waals surface area contributed by atoms with Gasteiger partial charge in [0.2, 0.25) is 5.91 Å². The number of ether oxygens (including phenoxy) is 1. The van der Waals surface area contributed by atoms with Crippen LogP contribution >= 0.6 is 0 Å². The van der Waals surface area contributed by atoms with Gasteiger partial charge in [0, 0.05) is 51.8 Å². The number of hydrogen-bond acceptors (Lipinski definition) is 5. The van der Waals surface area contributed by atoms with Crippen molar-refractivity contribution in [2.45, 2.75) is 39.8 Å². The van der Waals surface area contributed by atoms with Gasteiger partial charge in [-0.2, -0.15) is 0 Å². The number of rotatable bonds is 5. The number of anilines is 1. The fourth-order valence-electron chi connectivity index (χ4n) is 2.65. The van der Waals surface area contributed by atoms with Crippen molar-refractivity contribution in [1.29, 1.82) is 0 Å². The topological polar surface area (TPSA) is 74.8 Å². The Labute approximate surface area is 155 Å². The highest BCUT2D eigenvalue weighted by Crippen LogP contribution is 2.26. The van der Waals surface area contributed by atoms with Crippen molar-refractivity contribution in [3.05, 3.63) is 23.9 Å². The maximum absolute atomic E-state index is 12.4. The number of amides is 2. The molecule has 1 atom stereocenters. The molecule has 1 aromatic rings. The number of nitrogens with one attached hydrogen (secondary N) is 1. The normalized spacial score (nSPS) is 15.8. The minimum absolute atomic E-state index is 0.00414. The van der Waals surface area contributed by atoms with Crippen LogP contribution in [0.3, 0.4) is 0 Å². The highest BCUT2D eigenvalue weighted by atomic mass is 16.6. The molecule has 1 aliphatic rings. The summed E-state index contributed by atoms with van der Waals surface area (Å²) in [6.45, 7) is 9.01. The fraction of sp³-hybridized carbons (Fsp3) is 0.632. The first-order valence-electron chi connectivity index (χ1n) is 8.94. The van der Waals surface area contributed by atoms with Crippen molar-refractivity contribution in [3.8, 4) is 0 Å². The third-order valence-electron chi connectivity index (χ3n) is 4.42. The summed E-state index contributed by atoms with van der Waals surface area (Å²) in [5, 5.41) is 2.95. The Bertz CT molecular complexity index is 631. The number of aromatic nitrogens is 1. The molecule has 0 saturated carbocycles. The molecule has 1 aromatic heterocycles. The van der Waals surface area contributed by atoms with E-state index in [1.54, 1.807) is 11.1 Å². The average Bonchev–Trinajstić information content (AvgIpc) is 2.49. The number of pyridine rings is 1. The van der Waals surface area contributed by atoms with Crippen LogP contribution in [0, 0.1) is 11.8 Å². The predicted octanol–water partition coefficient (Wildman–Crippen LogP) is 2.27. The van der Waals surface area contributed by atoms with Crippen LogP contribution in [0.1, 0.15) is 33.3 Å². The summed E-state index contributed by atoms with van der Waals surface area (Å²) in [7, 11) is 3.87. The van der Waals surface area contributed by atoms with E-state index in [-0.39, 0.29) is 23.8 Å². The molecular weight excluding hydrogens is 332 g/mol. The zero-order chi connectivity index (χ0) is 19.5. The highest BCUT2D eigenvalue weighted by molar-refractivity contribution is 5.79. The molecule has 1 unspecified atom stereocenters. The summed E-state index contributed by atoms with van der Waals surface area (Å²) in [6.07, 6.45) is 1.46. The average molecular weight is 362 g/mol. The molecule has 2 rings (SSSR count). The lowest BCUT2D eigenvalue weighted by atomic mass is 9.86. The molecule has 1 fully saturated rings. The molecule has 0 spiro atoms. The first-order valence-corrected chi connectivity index (χ1v) is 8.94. The van der Waals surface area contributed by atoms with E-state index >= 15 is 0 Å². The second-order valence-corrected chi connectivity index (χ2v) is 8.07. The van der Waals surface area contributed by atoms with E-state index in [0.29, 0.717) is 19.6 Å². The molecule has 1 N–H and O–H groups in total. The molecule has 26 heavy (non-hydrogen) atoms. The molecule has 0 radical (unpaired) electrons. The van der Waals surface area contributed by atoms with Gasteiger partial charge in [0.25, 0.3) is 0 Å². The van der Waals surface area contributed by atoms with Crippen LogP contribution in [-0.4, -0.2) is 54.7 Å². The summed E-state index contributed by atoms with van der Waals surface area (Å²) < 4.78 is 5.34. The molecular formula is C19H30N4O3. The first-order chi connectivity index (χ1) is 12.1. The van der Waals surface area contributed by atoms with Crippen LogP contribution in [-0.2, 0) is 16.1 Å². The Morgan fingerprint density at radius 2 is 2.00 bits per heavy atom. The largest absolute Gasteiger partial charge is 0.444 e. The Morgan fingerprint density at radius 3 is 2.50 bits per heavy atom. The molecule has 2 heterocycles. The molecule has 0 aromatic carbocycles. The van der Waals surface area contributed by atoms with Crippen LogP contribution in [0.2, 0.25) is 0 Å². The first kappa shape index (κ1) is 20.0. The Kier molecular flexibility index (Phi) is 6.10. The van der Waals surface area contributed by atoms with Crippen molar-refractivity contribution in [1.82, 2.24) is 15.2 Å². The predicted molar refractivity (Wildman–Crippen MR) is 101 cm³/mol. The Morgan fingerprint density at radius 1 is 1.35 bits per heavy atom. The van der Waals surface area contributed by atoms with Crippen molar-refractivity contribution in [3.63, 3.8) is 0 Å². The summed E-state index contributed by atoms with van der Waals surface area (Å²) in [5.74, 6) is 0.889. The Balaban J connectivity index is 1.76. The lowest BCUT2D eigenvalue weighted by Gasteiger charge is -2.42. The van der Waals surface area contributed by atoms with E-state index < -0.39 is 5.60 Å². The van der Waals surface area contributed by atoms with E-state index in [1.807, 2.05) is 58.8 Å². The number of nitrogens with zero attached hydrogens (tertiary/aromatic N) is 3. The molecule has 144 valence electrons. The monoisotopic (exact) mass is 362 g/mol. The summed E-state index contributed by atoms with van der Waals surface area (Å²) in [5.41, 5.74) is 0.460. The second-order valence-electron chi connectivity index (χ2n) is 8.07. The third-order valence-corrected chi connectivity index (χ3v) is 4.42. The molecule has 1 aliphatic heterocycles. The molecule has 2 amide bonds. The molecule has 1 saturated heterocycles. The molecule has 7 nitrogen and oxygen atoms in total. The van der Waals surface area contributed by atoms with Crippen LogP contribution in [0.25, 0.3) is 0 Å². The van der Waals surface area contributed by atoms with Gasteiger partial charge in [-0.15, -0.1) is 0 Å². The lowest BCUT2D eigenvalue weighted by molar-refractivity contribution is -0.128. The molecule has 0 bridgehead atoms. The number of carbonyl (C=O) groups excluding carboxylic acids is 2.